The van der Waals surface area contributed by atoms with Crippen molar-refractivity contribution in [2.45, 2.75) is 63.9 Å². The summed E-state index contributed by atoms with van der Waals surface area (Å²) in [6.45, 7) is 7.23. The first-order valence-corrected chi connectivity index (χ1v) is 8.46. The van der Waals surface area contributed by atoms with E-state index in [0.29, 0.717) is 5.46 Å². The number of aliphatic hydroxyl groups excluding tert-OH is 2. The van der Waals surface area contributed by atoms with Crippen LogP contribution in [0, 0.1) is 0 Å². The Bertz CT molecular complexity index is 632. The van der Waals surface area contributed by atoms with Crippen molar-refractivity contribution in [3.8, 4) is 0 Å². The maximum atomic E-state index is 12.3. The molecule has 2 heterocycles. The zero-order chi connectivity index (χ0) is 18.4. The normalized spacial score (nSPS) is 22.7. The van der Waals surface area contributed by atoms with Crippen LogP contribution in [0.5, 0.6) is 0 Å². The van der Waals surface area contributed by atoms with E-state index in [0.717, 1.165) is 12.8 Å². The van der Waals surface area contributed by atoms with E-state index in [-0.39, 0.29) is 12.0 Å². The first kappa shape index (κ1) is 18.3. The smallest absolute Gasteiger partial charge is 0.399 e. The molecule has 1 amide bonds. The largest absolute Gasteiger partial charge is 0.498 e. The molecule has 9 heteroatoms. The number of aromatic nitrogens is 2. The van der Waals surface area contributed by atoms with Gasteiger partial charge >= 0.3 is 7.12 Å². The van der Waals surface area contributed by atoms with Gasteiger partial charge in [0.05, 0.1) is 17.8 Å². The fourth-order valence-corrected chi connectivity index (χ4v) is 2.57. The number of rotatable bonds is 5. The minimum absolute atomic E-state index is 0.0311. The number of hydrogen-bond donors (Lipinski definition) is 2. The van der Waals surface area contributed by atoms with E-state index < -0.39 is 36.9 Å². The Morgan fingerprint density at radius 1 is 1.28 bits per heavy atom. The molecule has 136 valence electrons. The lowest BCUT2D eigenvalue weighted by atomic mass is 9.81. The Hall–Kier alpha value is -1.55. The Morgan fingerprint density at radius 2 is 1.80 bits per heavy atom. The Kier molecular flexibility index (Phi) is 4.61. The third-order valence-electron chi connectivity index (χ3n) is 5.01. The molecule has 8 nitrogen and oxygen atoms in total. The van der Waals surface area contributed by atoms with Crippen LogP contribution in [0.15, 0.2) is 12.4 Å². The van der Waals surface area contributed by atoms with Crippen LogP contribution in [-0.4, -0.2) is 63.2 Å². The zero-order valence-corrected chi connectivity index (χ0v) is 15.0. The van der Waals surface area contributed by atoms with Gasteiger partial charge in [0.15, 0.2) is 6.10 Å². The van der Waals surface area contributed by atoms with Crippen LogP contribution >= 0.6 is 0 Å². The molecule has 1 saturated heterocycles. The molecule has 1 atom stereocenters. The Balaban J connectivity index is 1.79. The molecule has 0 unspecified atom stereocenters. The summed E-state index contributed by atoms with van der Waals surface area (Å²) in [4.78, 5) is 22.1. The number of hydrogen-bond acceptors (Lipinski definition) is 7. The quantitative estimate of drug-likeness (QED) is 0.699. The van der Waals surface area contributed by atoms with E-state index >= 15 is 0 Å². The second-order valence-corrected chi connectivity index (χ2v) is 7.54. The van der Waals surface area contributed by atoms with Gasteiger partial charge in [0.25, 0.3) is 5.91 Å². The topological polar surface area (TPSA) is 105 Å². The van der Waals surface area contributed by atoms with Crippen molar-refractivity contribution >= 4 is 24.4 Å². The van der Waals surface area contributed by atoms with Gasteiger partial charge in [-0.15, -0.1) is 0 Å². The molecule has 0 radical (unpaired) electrons. The molecule has 1 aromatic heterocycles. The average molecular weight is 349 g/mol. The number of carbonyl (C=O) groups is 1. The SMILES string of the molecule is CC1(C)OB(c2cnc(N(C(=O)[C@@H](O)CO)C3CC3)nc2)OC1(C)C. The molecule has 0 bridgehead atoms. The highest BCUT2D eigenvalue weighted by Crippen LogP contribution is 2.36. The number of anilines is 1. The van der Waals surface area contributed by atoms with E-state index in [1.165, 1.54) is 4.90 Å². The molecule has 1 aliphatic carbocycles. The Labute approximate surface area is 147 Å². The van der Waals surface area contributed by atoms with E-state index in [1.807, 2.05) is 27.7 Å². The van der Waals surface area contributed by atoms with Crippen molar-refractivity contribution in [3.05, 3.63) is 12.4 Å². The van der Waals surface area contributed by atoms with Gasteiger partial charge in [-0.05, 0) is 40.5 Å². The average Bonchev–Trinajstić information content (AvgIpc) is 3.35. The summed E-state index contributed by atoms with van der Waals surface area (Å²) in [6, 6.07) is -0.0311. The molecule has 3 rings (SSSR count). The van der Waals surface area contributed by atoms with E-state index in [1.54, 1.807) is 12.4 Å². The van der Waals surface area contributed by atoms with Gasteiger partial charge in [-0.1, -0.05) is 0 Å². The molecule has 0 aromatic carbocycles. The second kappa shape index (κ2) is 6.32. The monoisotopic (exact) mass is 349 g/mol. The van der Waals surface area contributed by atoms with Gasteiger partial charge in [0, 0.05) is 23.9 Å². The molecule has 2 fully saturated rings. The van der Waals surface area contributed by atoms with Crippen molar-refractivity contribution in [2.75, 3.05) is 11.5 Å². The van der Waals surface area contributed by atoms with Gasteiger partial charge in [0.1, 0.15) is 0 Å². The summed E-state index contributed by atoms with van der Waals surface area (Å²) in [6.07, 6.45) is 3.32. The van der Waals surface area contributed by atoms with Gasteiger partial charge in [-0.3, -0.25) is 9.69 Å². The maximum Gasteiger partial charge on any atom is 0.498 e. The summed E-state index contributed by atoms with van der Waals surface area (Å²) in [7, 11) is -0.577. The van der Waals surface area contributed by atoms with Crippen molar-refractivity contribution in [3.63, 3.8) is 0 Å². The van der Waals surface area contributed by atoms with E-state index in [9.17, 15) is 9.90 Å². The van der Waals surface area contributed by atoms with Crippen LogP contribution in [0.4, 0.5) is 5.95 Å². The summed E-state index contributed by atoms with van der Waals surface area (Å²) in [5, 5.41) is 18.7. The molecule has 2 aliphatic rings. The number of aliphatic hydroxyl groups is 2. The minimum Gasteiger partial charge on any atom is -0.399 e. The standard InChI is InChI=1S/C16H24BN3O5/c1-15(2)16(3,4)25-17(24-15)10-7-18-14(19-8-10)20(11-5-6-11)13(23)12(22)9-21/h7-8,11-12,21-22H,5-6,9H2,1-4H3/t12-/m0/s1. The molecule has 2 N–H and O–H groups in total. The highest BCUT2D eigenvalue weighted by Gasteiger charge is 2.52. The molecule has 1 aliphatic heterocycles. The van der Waals surface area contributed by atoms with Crippen LogP contribution < -0.4 is 10.4 Å². The number of carbonyl (C=O) groups excluding carboxylic acids is 1. The van der Waals surface area contributed by atoms with Gasteiger partial charge < -0.3 is 19.5 Å². The highest BCUT2D eigenvalue weighted by molar-refractivity contribution is 6.61. The van der Waals surface area contributed by atoms with Crippen molar-refractivity contribution < 1.29 is 24.3 Å². The fourth-order valence-electron chi connectivity index (χ4n) is 2.57. The van der Waals surface area contributed by atoms with Crippen molar-refractivity contribution in [1.82, 2.24) is 9.97 Å². The lowest BCUT2D eigenvalue weighted by molar-refractivity contribution is -0.128. The second-order valence-electron chi connectivity index (χ2n) is 7.54. The first-order chi connectivity index (χ1) is 11.7. The van der Waals surface area contributed by atoms with E-state index in [2.05, 4.69) is 9.97 Å². The van der Waals surface area contributed by atoms with Gasteiger partial charge in [-0.2, -0.15) is 0 Å². The predicted octanol–water partition coefficient (Wildman–Crippen LogP) is -0.376. The molecule has 25 heavy (non-hydrogen) atoms. The lowest BCUT2D eigenvalue weighted by Gasteiger charge is -2.32. The van der Waals surface area contributed by atoms with Crippen LogP contribution in [0.25, 0.3) is 0 Å². The van der Waals surface area contributed by atoms with Crippen molar-refractivity contribution in [1.29, 1.82) is 0 Å². The highest BCUT2D eigenvalue weighted by atomic mass is 16.7. The number of amides is 1. The molecular formula is C16H24BN3O5. The molecule has 1 saturated carbocycles. The fraction of sp³-hybridized carbons (Fsp3) is 0.688. The third kappa shape index (κ3) is 3.41. The number of nitrogens with zero attached hydrogens (tertiary/aromatic N) is 3. The molecule has 1 aromatic rings. The maximum absolute atomic E-state index is 12.3. The summed E-state index contributed by atoms with van der Waals surface area (Å²) in [5.74, 6) is -0.381. The molecular weight excluding hydrogens is 325 g/mol. The van der Waals surface area contributed by atoms with Crippen LogP contribution in [0.3, 0.4) is 0 Å². The first-order valence-electron chi connectivity index (χ1n) is 8.46. The Morgan fingerprint density at radius 3 is 2.24 bits per heavy atom. The summed E-state index contributed by atoms with van der Waals surface area (Å²) < 4.78 is 11.9. The van der Waals surface area contributed by atoms with Crippen molar-refractivity contribution in [2.24, 2.45) is 0 Å². The summed E-state index contributed by atoms with van der Waals surface area (Å²) >= 11 is 0. The minimum atomic E-state index is -1.47. The van der Waals surface area contributed by atoms with Gasteiger partial charge in [0.2, 0.25) is 5.95 Å². The third-order valence-corrected chi connectivity index (χ3v) is 5.01. The van der Waals surface area contributed by atoms with E-state index in [4.69, 9.17) is 14.4 Å². The predicted molar refractivity (Wildman–Crippen MR) is 91.3 cm³/mol. The zero-order valence-electron chi connectivity index (χ0n) is 15.0. The molecule has 0 spiro atoms. The van der Waals surface area contributed by atoms with Crippen LogP contribution in [0.1, 0.15) is 40.5 Å². The lowest BCUT2D eigenvalue weighted by Crippen LogP contribution is -2.44. The summed E-state index contributed by atoms with van der Waals surface area (Å²) in [5.41, 5.74) is -0.261. The van der Waals surface area contributed by atoms with Crippen LogP contribution in [-0.2, 0) is 14.1 Å². The van der Waals surface area contributed by atoms with Gasteiger partial charge in [-0.25, -0.2) is 9.97 Å². The van der Waals surface area contributed by atoms with Crippen LogP contribution in [0.2, 0.25) is 0 Å².